The van der Waals surface area contributed by atoms with Crippen LogP contribution in [0.2, 0.25) is 0 Å². The largest absolute Gasteiger partial charge is 0.452 e. The summed E-state index contributed by atoms with van der Waals surface area (Å²) in [7, 11) is -2.46. The smallest absolute Gasteiger partial charge is 0.351 e. The molecule has 5 nitrogen and oxygen atoms in total. The second kappa shape index (κ2) is 6.93. The summed E-state index contributed by atoms with van der Waals surface area (Å²) in [6.07, 6.45) is -4.66. The Kier molecular flexibility index (Phi) is 5.05. The molecule has 28 heavy (non-hydrogen) atoms. The number of rotatable bonds is 4. The first-order valence-electron chi connectivity index (χ1n) is 8.12. The normalized spacial score (nSPS) is 12.4. The van der Waals surface area contributed by atoms with Crippen molar-refractivity contribution in [3.8, 4) is 10.6 Å². The number of anilines is 1. The van der Waals surface area contributed by atoms with Crippen molar-refractivity contribution < 1.29 is 26.1 Å². The van der Waals surface area contributed by atoms with Crippen LogP contribution < -0.4 is 4.31 Å². The summed E-state index contributed by atoms with van der Waals surface area (Å²) < 4.78 is 69.8. The van der Waals surface area contributed by atoms with E-state index in [4.69, 9.17) is 0 Å². The molecular formula is C18H17F3N2O3S2. The molecule has 1 aromatic carbocycles. The summed E-state index contributed by atoms with van der Waals surface area (Å²) in [5, 5.41) is 3.42. The van der Waals surface area contributed by atoms with Crippen LogP contribution in [0.15, 0.2) is 39.8 Å². The van der Waals surface area contributed by atoms with Crippen LogP contribution in [-0.4, -0.2) is 20.6 Å². The van der Waals surface area contributed by atoms with Crippen molar-refractivity contribution in [2.75, 3.05) is 11.4 Å². The average Bonchev–Trinajstić information content (AvgIpc) is 3.23. The van der Waals surface area contributed by atoms with E-state index >= 15 is 0 Å². The standard InChI is InChI=1S/C18H17F3N2O3S2/c1-10-5-6-13(7-11(10)2)23(4)28(24,25)16-9-15(27-12(16)3)14-8-17(26-22-14)18(19,20)21/h5-9H,1-4H3. The minimum atomic E-state index is -4.66. The highest BCUT2D eigenvalue weighted by molar-refractivity contribution is 7.93. The third-order valence-electron chi connectivity index (χ3n) is 4.41. The van der Waals surface area contributed by atoms with Crippen LogP contribution in [0.1, 0.15) is 21.8 Å². The van der Waals surface area contributed by atoms with Gasteiger partial charge in [0.25, 0.3) is 10.0 Å². The molecule has 3 rings (SSSR count). The maximum atomic E-state index is 13.1. The zero-order valence-corrected chi connectivity index (χ0v) is 17.1. The third kappa shape index (κ3) is 3.66. The number of aryl methyl sites for hydroxylation is 3. The van der Waals surface area contributed by atoms with E-state index < -0.39 is 22.0 Å². The van der Waals surface area contributed by atoms with Crippen molar-refractivity contribution in [1.29, 1.82) is 0 Å². The Morgan fingerprint density at radius 3 is 2.32 bits per heavy atom. The quantitative estimate of drug-likeness (QED) is 0.573. The number of halogens is 3. The van der Waals surface area contributed by atoms with Gasteiger partial charge in [-0.1, -0.05) is 11.2 Å². The summed E-state index contributed by atoms with van der Waals surface area (Å²) >= 11 is 1.04. The summed E-state index contributed by atoms with van der Waals surface area (Å²) in [6, 6.07) is 7.38. The van der Waals surface area contributed by atoms with Crippen molar-refractivity contribution in [2.45, 2.75) is 31.8 Å². The highest BCUT2D eigenvalue weighted by atomic mass is 32.2. The van der Waals surface area contributed by atoms with Gasteiger partial charge in [-0.15, -0.1) is 11.3 Å². The lowest BCUT2D eigenvalue weighted by atomic mass is 10.1. The van der Waals surface area contributed by atoms with E-state index in [0.29, 0.717) is 10.6 Å². The van der Waals surface area contributed by atoms with Crippen LogP contribution in [0.4, 0.5) is 18.9 Å². The molecule has 0 aliphatic carbocycles. The van der Waals surface area contributed by atoms with Gasteiger partial charge in [-0.25, -0.2) is 8.42 Å². The van der Waals surface area contributed by atoms with E-state index in [1.54, 1.807) is 19.1 Å². The summed E-state index contributed by atoms with van der Waals surface area (Å²) in [4.78, 5) is 0.746. The summed E-state index contributed by atoms with van der Waals surface area (Å²) in [5.41, 5.74) is 2.42. The number of hydrogen-bond donors (Lipinski definition) is 0. The molecule has 0 N–H and O–H groups in total. The molecule has 10 heteroatoms. The van der Waals surface area contributed by atoms with Gasteiger partial charge >= 0.3 is 6.18 Å². The van der Waals surface area contributed by atoms with Crippen molar-refractivity contribution in [1.82, 2.24) is 5.16 Å². The molecule has 150 valence electrons. The molecular weight excluding hydrogens is 413 g/mol. The zero-order chi connectivity index (χ0) is 20.9. The Morgan fingerprint density at radius 2 is 1.75 bits per heavy atom. The van der Waals surface area contributed by atoms with Crippen molar-refractivity contribution >= 4 is 27.0 Å². The second-order valence-corrected chi connectivity index (χ2v) is 9.54. The minimum absolute atomic E-state index is 0.0183. The van der Waals surface area contributed by atoms with Crippen molar-refractivity contribution in [3.63, 3.8) is 0 Å². The molecule has 2 aromatic heterocycles. The SMILES string of the molecule is Cc1ccc(N(C)S(=O)(=O)c2cc(-c3cc(C(F)(F)F)on3)sc2C)cc1C. The molecule has 0 bridgehead atoms. The molecule has 0 aliphatic rings. The van der Waals surface area contributed by atoms with Gasteiger partial charge in [0, 0.05) is 18.0 Å². The first-order valence-corrected chi connectivity index (χ1v) is 10.4. The molecule has 0 saturated heterocycles. The van der Waals surface area contributed by atoms with Gasteiger partial charge in [-0.3, -0.25) is 4.31 Å². The lowest BCUT2D eigenvalue weighted by Crippen LogP contribution is -2.26. The number of hydrogen-bond acceptors (Lipinski definition) is 5. The molecule has 0 saturated carbocycles. The van der Waals surface area contributed by atoms with E-state index in [0.717, 1.165) is 32.8 Å². The summed E-state index contributed by atoms with van der Waals surface area (Å²) in [5.74, 6) is -1.23. The Morgan fingerprint density at radius 1 is 1.07 bits per heavy atom. The zero-order valence-electron chi connectivity index (χ0n) is 15.5. The van der Waals surface area contributed by atoms with E-state index in [-0.39, 0.29) is 15.5 Å². The number of alkyl halides is 3. The fraction of sp³-hybridized carbons (Fsp3) is 0.278. The molecule has 0 aliphatic heterocycles. The second-order valence-electron chi connectivity index (χ2n) is 6.35. The van der Waals surface area contributed by atoms with Crippen molar-refractivity contribution in [2.24, 2.45) is 0 Å². The number of aromatic nitrogens is 1. The Bertz CT molecular complexity index is 1130. The fourth-order valence-corrected chi connectivity index (χ4v) is 5.28. The number of sulfonamides is 1. The van der Waals surface area contributed by atoms with E-state index in [1.165, 1.54) is 13.1 Å². The van der Waals surface area contributed by atoms with Crippen LogP contribution in [0.25, 0.3) is 10.6 Å². The third-order valence-corrected chi connectivity index (χ3v) is 7.52. The Labute approximate surface area is 164 Å². The highest BCUT2D eigenvalue weighted by Crippen LogP contribution is 2.38. The molecule has 0 unspecified atom stereocenters. The van der Waals surface area contributed by atoms with Crippen LogP contribution in [0.3, 0.4) is 0 Å². The van der Waals surface area contributed by atoms with Gasteiger partial charge in [-0.05, 0) is 50.1 Å². The fourth-order valence-electron chi connectivity index (χ4n) is 2.58. The highest BCUT2D eigenvalue weighted by Gasteiger charge is 2.36. The number of thiophene rings is 1. The molecule has 2 heterocycles. The molecule has 0 atom stereocenters. The van der Waals surface area contributed by atoms with Crippen LogP contribution in [0.5, 0.6) is 0 Å². The monoisotopic (exact) mass is 430 g/mol. The van der Waals surface area contributed by atoms with Crippen LogP contribution in [0, 0.1) is 20.8 Å². The van der Waals surface area contributed by atoms with Gasteiger partial charge in [-0.2, -0.15) is 13.2 Å². The Balaban J connectivity index is 1.99. The van der Waals surface area contributed by atoms with E-state index in [1.807, 2.05) is 19.9 Å². The minimum Gasteiger partial charge on any atom is -0.351 e. The molecule has 0 fully saturated rings. The predicted molar refractivity (Wildman–Crippen MR) is 101 cm³/mol. The van der Waals surface area contributed by atoms with Gasteiger partial charge in [0.1, 0.15) is 10.6 Å². The number of benzene rings is 1. The van der Waals surface area contributed by atoms with Gasteiger partial charge in [0.15, 0.2) is 0 Å². The maximum Gasteiger partial charge on any atom is 0.452 e. The van der Waals surface area contributed by atoms with E-state index in [9.17, 15) is 21.6 Å². The average molecular weight is 430 g/mol. The maximum absolute atomic E-state index is 13.1. The molecule has 0 amide bonds. The predicted octanol–water partition coefficient (Wildman–Crippen LogP) is 5.17. The van der Waals surface area contributed by atoms with Gasteiger partial charge in [0.2, 0.25) is 5.76 Å². The topological polar surface area (TPSA) is 63.4 Å². The lowest BCUT2D eigenvalue weighted by molar-refractivity contribution is -0.155. The summed E-state index contributed by atoms with van der Waals surface area (Å²) in [6.45, 7) is 5.41. The molecule has 0 radical (unpaired) electrons. The first kappa shape index (κ1) is 20.4. The first-order chi connectivity index (χ1) is 12.9. The molecule has 0 spiro atoms. The van der Waals surface area contributed by atoms with Crippen LogP contribution in [-0.2, 0) is 16.2 Å². The van der Waals surface area contributed by atoms with Gasteiger partial charge < -0.3 is 4.52 Å². The molecule has 3 aromatic rings. The Hall–Kier alpha value is -2.33. The van der Waals surface area contributed by atoms with Gasteiger partial charge in [0.05, 0.1) is 10.6 Å². The van der Waals surface area contributed by atoms with Crippen molar-refractivity contribution in [3.05, 3.63) is 52.1 Å². The number of nitrogens with zero attached hydrogens (tertiary/aromatic N) is 2. The lowest BCUT2D eigenvalue weighted by Gasteiger charge is -2.20. The van der Waals surface area contributed by atoms with E-state index in [2.05, 4.69) is 9.68 Å². The van der Waals surface area contributed by atoms with Crippen LogP contribution >= 0.6 is 11.3 Å².